The largest absolute Gasteiger partial charge is 0.394 e. The Morgan fingerprint density at radius 3 is 2.90 bits per heavy atom. The molecule has 0 radical (unpaired) electrons. The predicted octanol–water partition coefficient (Wildman–Crippen LogP) is -2.27. The van der Waals surface area contributed by atoms with Gasteiger partial charge in [-0.1, -0.05) is 0 Å². The molecule has 1 aromatic rings. The molecule has 1 aliphatic rings. The molecule has 0 saturated carbocycles. The third-order valence-corrected chi connectivity index (χ3v) is 3.37. The molecule has 6 N–H and O–H groups in total. The lowest BCUT2D eigenvalue weighted by Crippen LogP contribution is -2.39. The average molecular weight is 300 g/mol. The maximum Gasteiger partial charge on any atom is 0.351 e. The van der Waals surface area contributed by atoms with Crippen LogP contribution >= 0.6 is 0 Å². The highest BCUT2D eigenvalue weighted by molar-refractivity contribution is 5.35. The zero-order valence-corrected chi connectivity index (χ0v) is 11.7. The number of nitrogens with two attached hydrogens (primary N) is 2. The highest BCUT2D eigenvalue weighted by Gasteiger charge is 2.45. The summed E-state index contributed by atoms with van der Waals surface area (Å²) in [7, 11) is 0. The fourth-order valence-electron chi connectivity index (χ4n) is 2.24. The van der Waals surface area contributed by atoms with Gasteiger partial charge in [-0.05, 0) is 6.92 Å². The van der Waals surface area contributed by atoms with Crippen LogP contribution in [0.2, 0.25) is 0 Å². The van der Waals surface area contributed by atoms with Crippen molar-refractivity contribution in [3.8, 4) is 0 Å². The smallest absolute Gasteiger partial charge is 0.351 e. The number of aliphatic hydroxyl groups is 2. The van der Waals surface area contributed by atoms with Crippen molar-refractivity contribution in [2.75, 3.05) is 25.5 Å². The first-order valence-electron chi connectivity index (χ1n) is 6.61. The monoisotopic (exact) mass is 300 g/mol. The lowest BCUT2D eigenvalue weighted by molar-refractivity contribution is -0.0726. The van der Waals surface area contributed by atoms with Crippen LogP contribution in [0.5, 0.6) is 0 Å². The molecule has 2 heterocycles. The molecule has 4 atom stereocenters. The van der Waals surface area contributed by atoms with E-state index in [-0.39, 0.29) is 19.0 Å². The number of anilines is 1. The molecule has 0 spiro atoms. The van der Waals surface area contributed by atoms with Gasteiger partial charge in [0.15, 0.2) is 6.23 Å². The lowest BCUT2D eigenvalue weighted by atomic mass is 10.1. The van der Waals surface area contributed by atoms with E-state index in [1.54, 1.807) is 6.92 Å². The molecule has 1 fully saturated rings. The van der Waals surface area contributed by atoms with Crippen LogP contribution in [0.3, 0.4) is 0 Å². The van der Waals surface area contributed by atoms with Crippen molar-refractivity contribution >= 4 is 5.82 Å². The molecular formula is C12H20N4O5. The Morgan fingerprint density at radius 1 is 1.57 bits per heavy atom. The summed E-state index contributed by atoms with van der Waals surface area (Å²) in [5, 5.41) is 19.3. The van der Waals surface area contributed by atoms with E-state index in [2.05, 4.69) is 4.98 Å². The Bertz CT molecular complexity index is 549. The zero-order chi connectivity index (χ0) is 15.6. The van der Waals surface area contributed by atoms with Crippen LogP contribution in [0.25, 0.3) is 0 Å². The predicted molar refractivity (Wildman–Crippen MR) is 73.4 cm³/mol. The Balaban J connectivity index is 2.35. The van der Waals surface area contributed by atoms with Gasteiger partial charge in [-0.3, -0.25) is 4.57 Å². The van der Waals surface area contributed by atoms with Crippen LogP contribution in [0.1, 0.15) is 11.8 Å². The number of hydrogen-bond acceptors (Lipinski definition) is 8. The molecule has 0 aliphatic carbocycles. The number of ether oxygens (including phenoxy) is 2. The summed E-state index contributed by atoms with van der Waals surface area (Å²) < 4.78 is 12.2. The molecule has 9 heteroatoms. The number of aliphatic hydroxyl groups excluding tert-OH is 2. The van der Waals surface area contributed by atoms with E-state index in [1.807, 2.05) is 0 Å². The maximum absolute atomic E-state index is 12.0. The lowest BCUT2D eigenvalue weighted by Gasteiger charge is -2.22. The number of nitrogen functional groups attached to an aromatic ring is 1. The van der Waals surface area contributed by atoms with Crippen molar-refractivity contribution < 1.29 is 19.7 Å². The normalized spacial score (nSPS) is 29.0. The van der Waals surface area contributed by atoms with Crippen LogP contribution in [-0.4, -0.2) is 57.8 Å². The van der Waals surface area contributed by atoms with Crippen molar-refractivity contribution in [1.82, 2.24) is 9.55 Å². The van der Waals surface area contributed by atoms with Crippen LogP contribution in [0.4, 0.5) is 5.82 Å². The van der Waals surface area contributed by atoms with Crippen molar-refractivity contribution in [3.05, 3.63) is 22.2 Å². The van der Waals surface area contributed by atoms with Gasteiger partial charge >= 0.3 is 5.69 Å². The summed E-state index contributed by atoms with van der Waals surface area (Å²) in [5.74, 6) is 0.132. The van der Waals surface area contributed by atoms with Crippen molar-refractivity contribution in [2.45, 2.75) is 31.5 Å². The number of nitrogens with zero attached hydrogens (tertiary/aromatic N) is 2. The molecule has 0 aromatic carbocycles. The number of rotatable bonds is 5. The molecule has 0 amide bonds. The molecular weight excluding hydrogens is 280 g/mol. The molecule has 0 bridgehead atoms. The second kappa shape index (κ2) is 6.50. The first-order valence-corrected chi connectivity index (χ1v) is 6.61. The minimum atomic E-state index is -1.07. The van der Waals surface area contributed by atoms with Crippen molar-refractivity contribution in [3.63, 3.8) is 0 Å². The van der Waals surface area contributed by atoms with E-state index in [4.69, 9.17) is 20.9 Å². The second-order valence-electron chi connectivity index (χ2n) is 4.86. The standard InChI is InChI=1S/C12H20N4O5/c1-6-4-16(12(19)15-10(6)14)11-9(20-3-2-13)8(18)7(5-17)21-11/h4,7-9,11,17-18H,2-3,5,13H2,1H3,(H2,14,15,19)/t7-,8-,9-,11-/m1/s1. The van der Waals surface area contributed by atoms with E-state index in [0.29, 0.717) is 5.56 Å². The van der Waals surface area contributed by atoms with Gasteiger partial charge in [0.2, 0.25) is 0 Å². The third-order valence-electron chi connectivity index (χ3n) is 3.37. The molecule has 1 aliphatic heterocycles. The molecule has 118 valence electrons. The summed E-state index contributed by atoms with van der Waals surface area (Å²) >= 11 is 0. The van der Waals surface area contributed by atoms with E-state index >= 15 is 0 Å². The van der Waals surface area contributed by atoms with Crippen molar-refractivity contribution in [2.24, 2.45) is 5.73 Å². The van der Waals surface area contributed by atoms with Gasteiger partial charge in [-0.25, -0.2) is 4.79 Å². The fraction of sp³-hybridized carbons (Fsp3) is 0.667. The minimum Gasteiger partial charge on any atom is -0.394 e. The highest BCUT2D eigenvalue weighted by Crippen LogP contribution is 2.30. The summed E-state index contributed by atoms with van der Waals surface area (Å²) in [6.07, 6.45) is -2.16. The van der Waals surface area contributed by atoms with E-state index in [9.17, 15) is 15.0 Å². The summed E-state index contributed by atoms with van der Waals surface area (Å²) in [4.78, 5) is 15.7. The Morgan fingerprint density at radius 2 is 2.29 bits per heavy atom. The van der Waals surface area contributed by atoms with Gasteiger partial charge in [0.1, 0.15) is 24.1 Å². The molecule has 9 nitrogen and oxygen atoms in total. The minimum absolute atomic E-state index is 0.132. The molecule has 2 rings (SSSR count). The maximum atomic E-state index is 12.0. The van der Waals surface area contributed by atoms with Crippen LogP contribution < -0.4 is 17.2 Å². The molecule has 1 saturated heterocycles. The highest BCUT2D eigenvalue weighted by atomic mass is 16.6. The summed E-state index contributed by atoms with van der Waals surface area (Å²) in [6.45, 7) is 1.75. The Labute approximate surface area is 121 Å². The number of aryl methyl sites for hydroxylation is 1. The average Bonchev–Trinajstić information content (AvgIpc) is 2.77. The number of hydrogen-bond donors (Lipinski definition) is 4. The van der Waals surface area contributed by atoms with Gasteiger partial charge in [0.25, 0.3) is 0 Å². The first-order chi connectivity index (χ1) is 9.99. The fourth-order valence-corrected chi connectivity index (χ4v) is 2.24. The van der Waals surface area contributed by atoms with E-state index in [1.165, 1.54) is 10.8 Å². The molecule has 21 heavy (non-hydrogen) atoms. The zero-order valence-electron chi connectivity index (χ0n) is 11.7. The van der Waals surface area contributed by atoms with Gasteiger partial charge in [-0.15, -0.1) is 0 Å². The third kappa shape index (κ3) is 3.06. The van der Waals surface area contributed by atoms with E-state index < -0.39 is 36.8 Å². The van der Waals surface area contributed by atoms with Gasteiger partial charge in [-0.2, -0.15) is 4.98 Å². The number of aromatic nitrogens is 2. The SMILES string of the molecule is Cc1cn([C@@H]2O[C@H](CO)[C@@H](O)[C@H]2OCCN)c(=O)nc1N. The van der Waals surface area contributed by atoms with Crippen molar-refractivity contribution in [1.29, 1.82) is 0 Å². The molecule has 0 unspecified atom stereocenters. The van der Waals surface area contributed by atoms with Gasteiger partial charge in [0.05, 0.1) is 13.2 Å². The van der Waals surface area contributed by atoms with Crippen LogP contribution in [-0.2, 0) is 9.47 Å². The topological polar surface area (TPSA) is 146 Å². The first kappa shape index (κ1) is 15.9. The van der Waals surface area contributed by atoms with E-state index in [0.717, 1.165) is 0 Å². The Kier molecular flexibility index (Phi) is 4.91. The second-order valence-corrected chi connectivity index (χ2v) is 4.86. The molecule has 1 aromatic heterocycles. The summed E-state index contributed by atoms with van der Waals surface area (Å²) in [5.41, 5.74) is 10.9. The Hall–Kier alpha value is -1.52. The van der Waals surface area contributed by atoms with Crippen LogP contribution in [0.15, 0.2) is 11.0 Å². The summed E-state index contributed by atoms with van der Waals surface area (Å²) in [6, 6.07) is 0. The van der Waals surface area contributed by atoms with Gasteiger partial charge < -0.3 is 31.2 Å². The van der Waals surface area contributed by atoms with Crippen LogP contribution in [0, 0.1) is 6.92 Å². The van der Waals surface area contributed by atoms with Gasteiger partial charge in [0, 0.05) is 18.3 Å². The quantitative estimate of drug-likeness (QED) is 0.476.